The fraction of sp³-hybridized carbons (Fsp3) is 0.600. The molecule has 0 unspecified atom stereocenters. The lowest BCUT2D eigenvalue weighted by atomic mass is 10.1. The Labute approximate surface area is 109 Å². The Morgan fingerprint density at radius 3 is 2.78 bits per heavy atom. The van der Waals surface area contributed by atoms with Crippen LogP contribution in [0.25, 0.3) is 0 Å². The van der Waals surface area contributed by atoms with E-state index in [2.05, 4.69) is 23.7 Å². The predicted octanol–water partition coefficient (Wildman–Crippen LogP) is 3.30. The molecule has 0 atom stereocenters. The predicted molar refractivity (Wildman–Crippen MR) is 74.1 cm³/mol. The number of hydrogen-bond donors (Lipinski definition) is 0. The third-order valence-corrected chi connectivity index (χ3v) is 3.54. The third kappa shape index (κ3) is 2.89. The summed E-state index contributed by atoms with van der Waals surface area (Å²) in [4.78, 5) is 18.0. The smallest absolute Gasteiger partial charge is 0.153 e. The molecule has 1 aromatic rings. The number of nitrogens with zero attached hydrogens (tertiary/aromatic N) is 2. The minimum Gasteiger partial charge on any atom is -0.353 e. The highest BCUT2D eigenvalue weighted by Crippen LogP contribution is 2.29. The van der Waals surface area contributed by atoms with E-state index in [1.807, 2.05) is 12.1 Å². The number of pyridine rings is 1. The van der Waals surface area contributed by atoms with Crippen LogP contribution < -0.4 is 4.90 Å². The van der Waals surface area contributed by atoms with Gasteiger partial charge in [-0.05, 0) is 30.9 Å². The Morgan fingerprint density at radius 1 is 1.44 bits per heavy atom. The van der Waals surface area contributed by atoms with Gasteiger partial charge >= 0.3 is 0 Å². The maximum absolute atomic E-state index is 11.2. The van der Waals surface area contributed by atoms with Gasteiger partial charge in [0.1, 0.15) is 5.82 Å². The van der Waals surface area contributed by atoms with E-state index in [1.165, 1.54) is 25.7 Å². The first-order valence-corrected chi connectivity index (χ1v) is 6.89. The van der Waals surface area contributed by atoms with Crippen molar-refractivity contribution in [1.29, 1.82) is 0 Å². The fourth-order valence-electron chi connectivity index (χ4n) is 2.76. The van der Waals surface area contributed by atoms with Gasteiger partial charge in [0.25, 0.3) is 0 Å². The average molecular weight is 246 g/mol. The quantitative estimate of drug-likeness (QED) is 0.747. The topological polar surface area (TPSA) is 33.2 Å². The summed E-state index contributed by atoms with van der Waals surface area (Å²) in [5, 5.41) is 0. The molecule has 3 nitrogen and oxygen atoms in total. The molecule has 0 aliphatic heterocycles. The van der Waals surface area contributed by atoms with Crippen LogP contribution in [0.3, 0.4) is 0 Å². The zero-order valence-electron chi connectivity index (χ0n) is 11.3. The summed E-state index contributed by atoms with van der Waals surface area (Å²) < 4.78 is 0. The molecule has 0 saturated heterocycles. The Balaban J connectivity index is 2.29. The van der Waals surface area contributed by atoms with E-state index >= 15 is 0 Å². The highest BCUT2D eigenvalue weighted by atomic mass is 16.1. The third-order valence-electron chi connectivity index (χ3n) is 3.54. The largest absolute Gasteiger partial charge is 0.353 e. The van der Waals surface area contributed by atoms with Crippen LogP contribution >= 0.6 is 0 Å². The van der Waals surface area contributed by atoms with Crippen molar-refractivity contribution < 1.29 is 4.79 Å². The molecule has 1 saturated carbocycles. The zero-order chi connectivity index (χ0) is 13.0. The molecule has 1 fully saturated rings. The molecule has 98 valence electrons. The lowest BCUT2D eigenvalue weighted by Gasteiger charge is -2.32. The molecule has 0 bridgehead atoms. The molecule has 1 aliphatic carbocycles. The molecule has 0 aromatic carbocycles. The second-order valence-corrected chi connectivity index (χ2v) is 5.52. The summed E-state index contributed by atoms with van der Waals surface area (Å²) in [5.74, 6) is 1.44. The molecule has 1 aliphatic rings. The summed E-state index contributed by atoms with van der Waals surface area (Å²) in [6.07, 6.45) is 7.74. The number of aldehydes is 1. The highest BCUT2D eigenvalue weighted by Gasteiger charge is 2.25. The first kappa shape index (κ1) is 13.1. The van der Waals surface area contributed by atoms with Gasteiger partial charge in [-0.2, -0.15) is 0 Å². The number of rotatable bonds is 5. The van der Waals surface area contributed by atoms with Crippen LogP contribution in [0.15, 0.2) is 18.3 Å². The van der Waals surface area contributed by atoms with E-state index < -0.39 is 0 Å². The van der Waals surface area contributed by atoms with Gasteiger partial charge in [-0.3, -0.25) is 4.79 Å². The number of aromatic nitrogens is 1. The number of hydrogen-bond acceptors (Lipinski definition) is 3. The second-order valence-electron chi connectivity index (χ2n) is 5.52. The minimum absolute atomic E-state index is 0.556. The van der Waals surface area contributed by atoms with Crippen LogP contribution in [0.4, 0.5) is 5.82 Å². The SMILES string of the molecule is CC(C)CN(c1ncccc1C=O)C1CCCC1. The monoisotopic (exact) mass is 246 g/mol. The fourth-order valence-corrected chi connectivity index (χ4v) is 2.76. The van der Waals surface area contributed by atoms with Gasteiger partial charge in [0.05, 0.1) is 5.56 Å². The van der Waals surface area contributed by atoms with Crippen LogP contribution in [0, 0.1) is 5.92 Å². The normalized spacial score (nSPS) is 16.2. The number of carbonyl (C=O) groups excluding carboxylic acids is 1. The molecule has 2 rings (SSSR count). The molecule has 18 heavy (non-hydrogen) atoms. The van der Waals surface area contributed by atoms with Crippen molar-refractivity contribution in [3.63, 3.8) is 0 Å². The minimum atomic E-state index is 0.556. The number of carbonyl (C=O) groups is 1. The van der Waals surface area contributed by atoms with Gasteiger partial charge in [0.2, 0.25) is 0 Å². The van der Waals surface area contributed by atoms with Crippen molar-refractivity contribution >= 4 is 12.1 Å². The lowest BCUT2D eigenvalue weighted by molar-refractivity contribution is 0.112. The first-order valence-electron chi connectivity index (χ1n) is 6.89. The van der Waals surface area contributed by atoms with Crippen LogP contribution in [0.1, 0.15) is 49.9 Å². The van der Waals surface area contributed by atoms with Gasteiger partial charge in [0, 0.05) is 18.8 Å². The van der Waals surface area contributed by atoms with Crippen molar-refractivity contribution in [1.82, 2.24) is 4.98 Å². The van der Waals surface area contributed by atoms with Crippen molar-refractivity contribution in [3.05, 3.63) is 23.9 Å². The van der Waals surface area contributed by atoms with Crippen molar-refractivity contribution in [3.8, 4) is 0 Å². The van der Waals surface area contributed by atoms with E-state index in [4.69, 9.17) is 0 Å². The van der Waals surface area contributed by atoms with Gasteiger partial charge in [0.15, 0.2) is 6.29 Å². The Morgan fingerprint density at radius 2 is 2.17 bits per heavy atom. The first-order chi connectivity index (χ1) is 8.72. The molecule has 0 radical (unpaired) electrons. The van der Waals surface area contributed by atoms with E-state index in [1.54, 1.807) is 6.20 Å². The van der Waals surface area contributed by atoms with Crippen LogP contribution in [0.2, 0.25) is 0 Å². The Bertz CT molecular complexity index is 397. The van der Waals surface area contributed by atoms with Gasteiger partial charge in [-0.15, -0.1) is 0 Å². The molecular formula is C15H22N2O. The zero-order valence-corrected chi connectivity index (χ0v) is 11.3. The van der Waals surface area contributed by atoms with E-state index in [0.717, 1.165) is 18.6 Å². The molecule has 0 N–H and O–H groups in total. The van der Waals surface area contributed by atoms with Crippen LogP contribution in [-0.2, 0) is 0 Å². The second kappa shape index (κ2) is 5.98. The van der Waals surface area contributed by atoms with E-state index in [0.29, 0.717) is 17.5 Å². The Hall–Kier alpha value is -1.38. The molecule has 3 heteroatoms. The average Bonchev–Trinajstić information content (AvgIpc) is 2.89. The lowest BCUT2D eigenvalue weighted by Crippen LogP contribution is -2.37. The van der Waals surface area contributed by atoms with Crippen LogP contribution in [0.5, 0.6) is 0 Å². The molecule has 0 amide bonds. The molecule has 1 heterocycles. The molecule has 1 aromatic heterocycles. The van der Waals surface area contributed by atoms with Crippen LogP contribution in [-0.4, -0.2) is 23.9 Å². The van der Waals surface area contributed by atoms with Crippen molar-refractivity contribution in [2.45, 2.75) is 45.6 Å². The standard InChI is InChI=1S/C15H22N2O/c1-12(2)10-17(14-7-3-4-8-14)15-13(11-18)6-5-9-16-15/h5-6,9,11-12,14H,3-4,7-8,10H2,1-2H3. The highest BCUT2D eigenvalue weighted by molar-refractivity contribution is 5.82. The Kier molecular flexibility index (Phi) is 4.34. The maximum Gasteiger partial charge on any atom is 0.153 e. The van der Waals surface area contributed by atoms with Gasteiger partial charge in [-0.1, -0.05) is 26.7 Å². The number of anilines is 1. The summed E-state index contributed by atoms with van der Waals surface area (Å²) in [6, 6.07) is 4.24. The summed E-state index contributed by atoms with van der Waals surface area (Å²) in [7, 11) is 0. The molecule has 0 spiro atoms. The van der Waals surface area contributed by atoms with E-state index in [9.17, 15) is 4.79 Å². The van der Waals surface area contributed by atoms with Gasteiger partial charge in [-0.25, -0.2) is 4.98 Å². The summed E-state index contributed by atoms with van der Waals surface area (Å²) in [6.45, 7) is 5.40. The van der Waals surface area contributed by atoms with Crippen molar-refractivity contribution in [2.75, 3.05) is 11.4 Å². The van der Waals surface area contributed by atoms with Gasteiger partial charge < -0.3 is 4.90 Å². The van der Waals surface area contributed by atoms with Crippen molar-refractivity contribution in [2.24, 2.45) is 5.92 Å². The molecular weight excluding hydrogens is 224 g/mol. The van der Waals surface area contributed by atoms with E-state index in [-0.39, 0.29) is 0 Å². The maximum atomic E-state index is 11.2. The summed E-state index contributed by atoms with van der Waals surface area (Å²) >= 11 is 0. The summed E-state index contributed by atoms with van der Waals surface area (Å²) in [5.41, 5.74) is 0.713.